The molecule has 4 aromatic rings. The maximum Gasteiger partial charge on any atom is 0.433 e. The molecule has 2 aromatic carbocycles. The van der Waals surface area contributed by atoms with Crippen LogP contribution in [0.1, 0.15) is 35.1 Å². The van der Waals surface area contributed by atoms with Crippen molar-refractivity contribution in [2.75, 3.05) is 24.6 Å². The fourth-order valence-corrected chi connectivity index (χ4v) is 4.97. The second-order valence-electron chi connectivity index (χ2n) is 9.67. The van der Waals surface area contributed by atoms with Crippen LogP contribution in [-0.4, -0.2) is 45.7 Å². The highest BCUT2D eigenvalue weighted by atomic mass is 19.4. The molecule has 3 heterocycles. The van der Waals surface area contributed by atoms with Gasteiger partial charge in [0.2, 0.25) is 11.8 Å². The van der Waals surface area contributed by atoms with Crippen molar-refractivity contribution in [2.24, 2.45) is 5.92 Å². The van der Waals surface area contributed by atoms with E-state index in [1.807, 2.05) is 61.5 Å². The molecule has 1 fully saturated rings. The van der Waals surface area contributed by atoms with Crippen LogP contribution in [0.2, 0.25) is 0 Å². The quantitative estimate of drug-likeness (QED) is 0.279. The van der Waals surface area contributed by atoms with Crippen molar-refractivity contribution in [3.05, 3.63) is 89.6 Å². The smallest absolute Gasteiger partial charge is 0.433 e. The molecule has 0 aliphatic carbocycles. The van der Waals surface area contributed by atoms with E-state index < -0.39 is 17.8 Å². The van der Waals surface area contributed by atoms with E-state index >= 15 is 0 Å². The zero-order valence-electron chi connectivity index (χ0n) is 21.6. The van der Waals surface area contributed by atoms with Gasteiger partial charge in [0, 0.05) is 37.2 Å². The number of benzene rings is 2. The van der Waals surface area contributed by atoms with Gasteiger partial charge >= 0.3 is 12.1 Å². The van der Waals surface area contributed by atoms with Crippen LogP contribution in [0.4, 0.5) is 19.1 Å². The molecule has 5 rings (SSSR count). The minimum Gasteiger partial charge on any atom is -0.493 e. The van der Waals surface area contributed by atoms with Gasteiger partial charge in [-0.25, -0.2) is 15.0 Å². The van der Waals surface area contributed by atoms with Crippen molar-refractivity contribution in [2.45, 2.75) is 31.9 Å². The topological polar surface area (TPSA) is 102 Å². The fourth-order valence-electron chi connectivity index (χ4n) is 4.97. The van der Waals surface area contributed by atoms with E-state index in [2.05, 4.69) is 15.0 Å². The SMILES string of the molecule is Cc1oc(-c2ccccc2)nc1CCOc1cccc([C@@H]2CN(c3nccc(C(F)(F)F)n3)C[C@@H]2CC(=O)O)c1. The number of rotatable bonds is 9. The Kier molecular flexibility index (Phi) is 7.72. The Hall–Kier alpha value is -4.41. The van der Waals surface area contributed by atoms with Crippen LogP contribution in [0.15, 0.2) is 71.3 Å². The minimum absolute atomic E-state index is 0.0713. The summed E-state index contributed by atoms with van der Waals surface area (Å²) < 4.78 is 51.4. The van der Waals surface area contributed by atoms with Gasteiger partial charge in [0.05, 0.1) is 18.7 Å². The normalized spacial score (nSPS) is 17.2. The summed E-state index contributed by atoms with van der Waals surface area (Å²) in [6.45, 7) is 2.71. The third-order valence-electron chi connectivity index (χ3n) is 6.90. The maximum absolute atomic E-state index is 13.2. The number of hydrogen-bond acceptors (Lipinski definition) is 7. The van der Waals surface area contributed by atoms with E-state index in [0.29, 0.717) is 24.7 Å². The fraction of sp³-hybridized carbons (Fsp3) is 0.310. The predicted octanol–water partition coefficient (Wildman–Crippen LogP) is 5.78. The van der Waals surface area contributed by atoms with Crippen LogP contribution in [0.25, 0.3) is 11.5 Å². The standard InChI is InChI=1S/C29H27F3N4O4/c1-18-24(34-27(40-18)19-6-3-2-4-7-19)11-13-39-22-9-5-8-20(14-22)23-17-36(16-21(23)15-26(37)38)28-33-12-10-25(35-28)29(30,31)32/h2-10,12,14,21,23H,11,13,15-17H2,1H3,(H,37,38)/t21-,23-/m0/s1. The highest BCUT2D eigenvalue weighted by molar-refractivity contribution is 5.67. The summed E-state index contributed by atoms with van der Waals surface area (Å²) in [7, 11) is 0. The van der Waals surface area contributed by atoms with E-state index in [1.165, 1.54) is 0 Å². The number of aromatic nitrogens is 3. The predicted molar refractivity (Wildman–Crippen MR) is 140 cm³/mol. The third-order valence-corrected chi connectivity index (χ3v) is 6.90. The second kappa shape index (κ2) is 11.4. The molecule has 2 aromatic heterocycles. The Morgan fingerprint density at radius 2 is 1.90 bits per heavy atom. The molecule has 8 nitrogen and oxygen atoms in total. The van der Waals surface area contributed by atoms with Crippen molar-refractivity contribution < 1.29 is 32.2 Å². The highest BCUT2D eigenvalue weighted by Gasteiger charge is 2.38. The van der Waals surface area contributed by atoms with Gasteiger partial charge in [-0.15, -0.1) is 0 Å². The molecule has 40 heavy (non-hydrogen) atoms. The van der Waals surface area contributed by atoms with Crippen molar-refractivity contribution in [3.8, 4) is 17.2 Å². The van der Waals surface area contributed by atoms with Crippen molar-refractivity contribution >= 4 is 11.9 Å². The molecule has 0 spiro atoms. The largest absolute Gasteiger partial charge is 0.493 e. The van der Waals surface area contributed by atoms with Gasteiger partial charge < -0.3 is 19.2 Å². The Morgan fingerprint density at radius 3 is 2.65 bits per heavy atom. The molecule has 0 saturated carbocycles. The molecule has 1 saturated heterocycles. The molecule has 1 aliphatic rings. The van der Waals surface area contributed by atoms with Crippen LogP contribution in [0.3, 0.4) is 0 Å². The van der Waals surface area contributed by atoms with Gasteiger partial charge in [0.1, 0.15) is 17.2 Å². The molecule has 0 bridgehead atoms. The Balaban J connectivity index is 1.28. The lowest BCUT2D eigenvalue weighted by Crippen LogP contribution is -2.24. The molecule has 0 amide bonds. The first kappa shape index (κ1) is 27.2. The van der Waals surface area contributed by atoms with E-state index in [1.54, 1.807) is 4.90 Å². The van der Waals surface area contributed by atoms with Crippen LogP contribution >= 0.6 is 0 Å². The zero-order chi connectivity index (χ0) is 28.3. The van der Waals surface area contributed by atoms with Crippen molar-refractivity contribution in [1.29, 1.82) is 0 Å². The van der Waals surface area contributed by atoms with Crippen molar-refractivity contribution in [1.82, 2.24) is 15.0 Å². The Labute approximate surface area is 228 Å². The number of carbonyl (C=O) groups is 1. The average molecular weight is 553 g/mol. The summed E-state index contributed by atoms with van der Waals surface area (Å²) >= 11 is 0. The summed E-state index contributed by atoms with van der Waals surface area (Å²) in [5.74, 6) is 0.213. The molecular formula is C29H27F3N4O4. The van der Waals surface area contributed by atoms with Gasteiger partial charge in [-0.3, -0.25) is 4.79 Å². The number of carboxylic acid groups (broad SMARTS) is 1. The summed E-state index contributed by atoms with van der Waals surface area (Å²) in [6.07, 6.45) is -3.15. The van der Waals surface area contributed by atoms with Crippen LogP contribution in [-0.2, 0) is 17.4 Å². The maximum atomic E-state index is 13.2. The Morgan fingerprint density at radius 1 is 1.10 bits per heavy atom. The van der Waals surface area contributed by atoms with Crippen LogP contribution in [0.5, 0.6) is 5.75 Å². The second-order valence-corrected chi connectivity index (χ2v) is 9.67. The van der Waals surface area contributed by atoms with Crippen LogP contribution < -0.4 is 9.64 Å². The number of anilines is 1. The molecular weight excluding hydrogens is 525 g/mol. The Bertz CT molecular complexity index is 1480. The summed E-state index contributed by atoms with van der Waals surface area (Å²) in [4.78, 5) is 25.5. The van der Waals surface area contributed by atoms with Crippen LogP contribution in [0, 0.1) is 12.8 Å². The molecule has 11 heteroatoms. The number of hydrogen-bond donors (Lipinski definition) is 1. The summed E-state index contributed by atoms with van der Waals surface area (Å²) in [5, 5.41) is 9.49. The van der Waals surface area contributed by atoms with Gasteiger partial charge in [0.25, 0.3) is 0 Å². The number of ether oxygens (including phenoxy) is 1. The molecule has 1 N–H and O–H groups in total. The lowest BCUT2D eigenvalue weighted by Gasteiger charge is -2.18. The first-order valence-electron chi connectivity index (χ1n) is 12.8. The van der Waals surface area contributed by atoms with Gasteiger partial charge in [-0.1, -0.05) is 30.3 Å². The van der Waals surface area contributed by atoms with E-state index in [0.717, 1.165) is 34.8 Å². The first-order valence-corrected chi connectivity index (χ1v) is 12.8. The molecule has 1 aliphatic heterocycles. The number of aryl methyl sites for hydroxylation is 1. The zero-order valence-corrected chi connectivity index (χ0v) is 21.6. The highest BCUT2D eigenvalue weighted by Crippen LogP contribution is 2.38. The van der Waals surface area contributed by atoms with E-state index in [4.69, 9.17) is 9.15 Å². The number of aliphatic carboxylic acids is 1. The summed E-state index contributed by atoms with van der Waals surface area (Å²) in [5.41, 5.74) is 1.48. The van der Waals surface area contributed by atoms with E-state index in [9.17, 15) is 23.1 Å². The summed E-state index contributed by atoms with van der Waals surface area (Å²) in [6, 6.07) is 17.8. The van der Waals surface area contributed by atoms with Gasteiger partial charge in [-0.2, -0.15) is 13.2 Å². The number of alkyl halides is 3. The average Bonchev–Trinajstić information content (AvgIpc) is 3.52. The third kappa shape index (κ3) is 6.24. The lowest BCUT2D eigenvalue weighted by molar-refractivity contribution is -0.141. The minimum atomic E-state index is -4.60. The number of nitrogens with zero attached hydrogens (tertiary/aromatic N) is 4. The lowest BCUT2D eigenvalue weighted by atomic mass is 9.87. The number of oxazole rings is 1. The van der Waals surface area contributed by atoms with Crippen molar-refractivity contribution in [3.63, 3.8) is 0 Å². The van der Waals surface area contributed by atoms with Gasteiger partial charge in [-0.05, 0) is 48.7 Å². The molecule has 208 valence electrons. The molecule has 2 atom stereocenters. The monoisotopic (exact) mass is 552 g/mol. The van der Waals surface area contributed by atoms with Gasteiger partial charge in [0.15, 0.2) is 0 Å². The number of halogens is 3. The molecule has 0 unspecified atom stereocenters. The first-order chi connectivity index (χ1) is 19.2. The number of carboxylic acids is 1. The van der Waals surface area contributed by atoms with E-state index in [-0.39, 0.29) is 37.3 Å². The molecule has 0 radical (unpaired) electrons.